The van der Waals surface area contributed by atoms with E-state index in [1.54, 1.807) is 19.2 Å². The molecule has 0 spiro atoms. The fraction of sp³-hybridized carbons (Fsp3) is 0.333. The molecule has 4 nitrogen and oxygen atoms in total. The van der Waals surface area contributed by atoms with Gasteiger partial charge in [-0.25, -0.2) is 9.37 Å². The number of hydrogen-bond acceptors (Lipinski definition) is 3. The molecule has 6 heteroatoms. The number of nitrogens with zero attached hydrogens (tertiary/aromatic N) is 2. The Labute approximate surface area is 179 Å². The quantitative estimate of drug-likeness (QED) is 0.404. The number of H-pyrrole nitrogens is 1. The van der Waals surface area contributed by atoms with Gasteiger partial charge in [-0.2, -0.15) is 0 Å². The first-order chi connectivity index (χ1) is 14.6. The SMILES string of the molecule is CO[C@@H](c1nc2cc(Cl)ccc2[nH]1)C1CCC(c2ccnc3ccc(F)cc23)CC1. The van der Waals surface area contributed by atoms with Crippen molar-refractivity contribution in [3.05, 3.63) is 70.9 Å². The molecule has 2 heterocycles. The van der Waals surface area contributed by atoms with Crippen LogP contribution in [0.2, 0.25) is 5.02 Å². The summed E-state index contributed by atoms with van der Waals surface area (Å²) in [5.74, 6) is 1.43. The van der Waals surface area contributed by atoms with Crippen LogP contribution in [0.15, 0.2) is 48.7 Å². The number of aromatic nitrogens is 3. The molecular formula is C24H23ClFN3O. The third-order valence-electron chi connectivity index (χ3n) is 6.36. The first-order valence-corrected chi connectivity index (χ1v) is 10.7. The molecular weight excluding hydrogens is 401 g/mol. The largest absolute Gasteiger partial charge is 0.373 e. The molecule has 5 rings (SSSR count). The highest BCUT2D eigenvalue weighted by Crippen LogP contribution is 2.43. The topological polar surface area (TPSA) is 50.8 Å². The number of benzene rings is 2. The summed E-state index contributed by atoms with van der Waals surface area (Å²) in [6, 6.07) is 12.6. The monoisotopic (exact) mass is 423 g/mol. The van der Waals surface area contributed by atoms with E-state index in [4.69, 9.17) is 21.3 Å². The zero-order chi connectivity index (χ0) is 20.7. The van der Waals surface area contributed by atoms with E-state index in [1.807, 2.05) is 30.5 Å². The smallest absolute Gasteiger partial charge is 0.136 e. The summed E-state index contributed by atoms with van der Waals surface area (Å²) in [4.78, 5) is 12.5. The molecule has 0 bridgehead atoms. The number of aromatic amines is 1. The number of fused-ring (bicyclic) bond motifs is 2. The summed E-state index contributed by atoms with van der Waals surface area (Å²) in [6.45, 7) is 0. The van der Waals surface area contributed by atoms with Gasteiger partial charge in [-0.3, -0.25) is 4.98 Å². The normalized spacial score (nSPS) is 20.6. The van der Waals surface area contributed by atoms with E-state index in [9.17, 15) is 4.39 Å². The summed E-state index contributed by atoms with van der Waals surface area (Å²) in [5, 5.41) is 1.61. The number of hydrogen-bond donors (Lipinski definition) is 1. The van der Waals surface area contributed by atoms with Crippen molar-refractivity contribution in [1.82, 2.24) is 15.0 Å². The van der Waals surface area contributed by atoms with Gasteiger partial charge < -0.3 is 9.72 Å². The summed E-state index contributed by atoms with van der Waals surface area (Å²) >= 11 is 6.10. The molecule has 0 radical (unpaired) electrons. The Kier molecular flexibility index (Phi) is 5.17. The molecule has 1 saturated carbocycles. The summed E-state index contributed by atoms with van der Waals surface area (Å²) < 4.78 is 19.7. The molecule has 30 heavy (non-hydrogen) atoms. The molecule has 154 valence electrons. The molecule has 0 amide bonds. The number of halogens is 2. The Hall–Kier alpha value is -2.50. The maximum atomic E-state index is 13.8. The van der Waals surface area contributed by atoms with Gasteiger partial charge in [-0.15, -0.1) is 0 Å². The maximum Gasteiger partial charge on any atom is 0.136 e. The zero-order valence-electron chi connectivity index (χ0n) is 16.7. The van der Waals surface area contributed by atoms with Crippen LogP contribution in [0.5, 0.6) is 0 Å². The average molecular weight is 424 g/mol. The lowest BCUT2D eigenvalue weighted by molar-refractivity contribution is 0.0274. The van der Waals surface area contributed by atoms with Crippen molar-refractivity contribution in [3.8, 4) is 0 Å². The van der Waals surface area contributed by atoms with Gasteiger partial charge >= 0.3 is 0 Å². The molecule has 1 aliphatic carbocycles. The summed E-state index contributed by atoms with van der Waals surface area (Å²) in [6.07, 6.45) is 5.88. The van der Waals surface area contributed by atoms with Gasteiger partial charge in [0.1, 0.15) is 17.7 Å². The second-order valence-corrected chi connectivity index (χ2v) is 8.55. The van der Waals surface area contributed by atoms with Crippen LogP contribution in [0.4, 0.5) is 4.39 Å². The Morgan fingerprint density at radius 2 is 1.90 bits per heavy atom. The fourth-order valence-corrected chi connectivity index (χ4v) is 5.06. The molecule has 1 N–H and O–H groups in total. The highest BCUT2D eigenvalue weighted by molar-refractivity contribution is 6.31. The van der Waals surface area contributed by atoms with E-state index in [1.165, 1.54) is 11.6 Å². The van der Waals surface area contributed by atoms with Crippen LogP contribution in [-0.4, -0.2) is 22.1 Å². The molecule has 2 aromatic heterocycles. The standard InChI is InChI=1S/C24H23ClFN3O/c1-30-23(24-28-21-8-6-16(25)12-22(21)29-24)15-4-2-14(3-5-15)18-10-11-27-20-9-7-17(26)13-19(18)20/h6-15,23H,2-5H2,1H3,(H,28,29)/t14?,15?,23-/m1/s1. The van der Waals surface area contributed by atoms with Gasteiger partial charge in [-0.05, 0) is 85.5 Å². The lowest BCUT2D eigenvalue weighted by Crippen LogP contribution is -2.22. The van der Waals surface area contributed by atoms with E-state index in [0.717, 1.165) is 53.4 Å². The number of nitrogens with one attached hydrogen (secondary N) is 1. The summed E-state index contributed by atoms with van der Waals surface area (Å²) in [7, 11) is 1.75. The molecule has 0 saturated heterocycles. The predicted molar refractivity (Wildman–Crippen MR) is 117 cm³/mol. The lowest BCUT2D eigenvalue weighted by Gasteiger charge is -2.33. The van der Waals surface area contributed by atoms with Crippen LogP contribution >= 0.6 is 11.6 Å². The van der Waals surface area contributed by atoms with Crippen LogP contribution in [0.25, 0.3) is 21.9 Å². The van der Waals surface area contributed by atoms with Crippen LogP contribution in [0.3, 0.4) is 0 Å². The van der Waals surface area contributed by atoms with Crippen molar-refractivity contribution < 1.29 is 9.13 Å². The zero-order valence-corrected chi connectivity index (χ0v) is 17.5. The van der Waals surface area contributed by atoms with E-state index in [0.29, 0.717) is 16.9 Å². The second kappa shape index (κ2) is 7.97. The van der Waals surface area contributed by atoms with Crippen LogP contribution in [0, 0.1) is 11.7 Å². The van der Waals surface area contributed by atoms with Crippen molar-refractivity contribution in [1.29, 1.82) is 0 Å². The van der Waals surface area contributed by atoms with Gasteiger partial charge in [0.15, 0.2) is 0 Å². The van der Waals surface area contributed by atoms with Crippen LogP contribution in [0.1, 0.15) is 49.1 Å². The van der Waals surface area contributed by atoms with E-state index >= 15 is 0 Å². The second-order valence-electron chi connectivity index (χ2n) is 8.11. The molecule has 1 aliphatic rings. The molecule has 2 aromatic carbocycles. The van der Waals surface area contributed by atoms with Crippen molar-refractivity contribution in [2.45, 2.75) is 37.7 Å². The van der Waals surface area contributed by atoms with Gasteiger partial charge in [0.25, 0.3) is 0 Å². The highest BCUT2D eigenvalue weighted by atomic mass is 35.5. The van der Waals surface area contributed by atoms with Crippen molar-refractivity contribution in [2.24, 2.45) is 5.92 Å². The minimum atomic E-state index is -0.213. The van der Waals surface area contributed by atoms with Crippen molar-refractivity contribution >= 4 is 33.5 Å². The Balaban J connectivity index is 1.36. The molecule has 1 fully saturated rings. The molecule has 4 aromatic rings. The van der Waals surface area contributed by atoms with Crippen molar-refractivity contribution in [3.63, 3.8) is 0 Å². The van der Waals surface area contributed by atoms with Crippen LogP contribution < -0.4 is 0 Å². The van der Waals surface area contributed by atoms with Gasteiger partial charge in [0.2, 0.25) is 0 Å². The van der Waals surface area contributed by atoms with E-state index in [2.05, 4.69) is 9.97 Å². The third kappa shape index (κ3) is 3.57. The van der Waals surface area contributed by atoms with Gasteiger partial charge in [0, 0.05) is 23.7 Å². The maximum absolute atomic E-state index is 13.8. The Morgan fingerprint density at radius 1 is 1.07 bits per heavy atom. The minimum Gasteiger partial charge on any atom is -0.373 e. The Bertz CT molecular complexity index is 1200. The van der Waals surface area contributed by atoms with E-state index < -0.39 is 0 Å². The average Bonchev–Trinajstić information content (AvgIpc) is 3.17. The van der Waals surface area contributed by atoms with Crippen molar-refractivity contribution in [2.75, 3.05) is 7.11 Å². The molecule has 0 aliphatic heterocycles. The highest BCUT2D eigenvalue weighted by Gasteiger charge is 2.31. The number of rotatable bonds is 4. The van der Waals surface area contributed by atoms with E-state index in [-0.39, 0.29) is 11.9 Å². The first-order valence-electron chi connectivity index (χ1n) is 10.3. The number of imidazole rings is 1. The predicted octanol–water partition coefficient (Wildman–Crippen LogP) is 6.57. The number of pyridine rings is 1. The molecule has 1 atom stereocenters. The molecule has 0 unspecified atom stereocenters. The number of methoxy groups -OCH3 is 1. The van der Waals surface area contributed by atoms with Gasteiger partial charge in [-0.1, -0.05) is 11.6 Å². The number of ether oxygens (including phenoxy) is 1. The lowest BCUT2D eigenvalue weighted by atomic mass is 9.76. The summed E-state index contributed by atoms with van der Waals surface area (Å²) in [5.41, 5.74) is 3.88. The van der Waals surface area contributed by atoms with Gasteiger partial charge in [0.05, 0.1) is 16.6 Å². The first kappa shape index (κ1) is 19.5. The van der Waals surface area contributed by atoms with Crippen LogP contribution in [-0.2, 0) is 4.74 Å². The minimum absolute atomic E-state index is 0.0799. The third-order valence-corrected chi connectivity index (χ3v) is 6.60. The fourth-order valence-electron chi connectivity index (χ4n) is 4.89. The Morgan fingerprint density at radius 3 is 2.70 bits per heavy atom.